The summed E-state index contributed by atoms with van der Waals surface area (Å²) in [4.78, 5) is 0. The zero-order chi connectivity index (χ0) is 11.1. The second-order valence-corrected chi connectivity index (χ2v) is 5.70. The van der Waals surface area contributed by atoms with Gasteiger partial charge in [-0.25, -0.2) is 0 Å². The van der Waals surface area contributed by atoms with Gasteiger partial charge in [-0.1, -0.05) is 13.8 Å². The van der Waals surface area contributed by atoms with E-state index in [4.69, 9.17) is 4.74 Å². The van der Waals surface area contributed by atoms with Gasteiger partial charge in [0.15, 0.2) is 0 Å². The van der Waals surface area contributed by atoms with Gasteiger partial charge in [0.1, 0.15) is 0 Å². The van der Waals surface area contributed by atoms with Crippen molar-refractivity contribution < 1.29 is 4.74 Å². The normalized spacial score (nSPS) is 25.6. The van der Waals surface area contributed by atoms with Crippen LogP contribution in [-0.4, -0.2) is 30.9 Å². The Hall–Kier alpha value is 0.270. The fraction of sp³-hybridized carbons (Fsp3) is 1.00. The van der Waals surface area contributed by atoms with E-state index in [2.05, 4.69) is 25.4 Å². The maximum atomic E-state index is 5.79. The lowest BCUT2D eigenvalue weighted by Gasteiger charge is -2.35. The Morgan fingerprint density at radius 2 is 2.13 bits per heavy atom. The molecule has 0 bridgehead atoms. The van der Waals surface area contributed by atoms with E-state index in [1.807, 2.05) is 11.8 Å². The molecule has 3 heteroatoms. The maximum Gasteiger partial charge on any atom is 0.0604 e. The van der Waals surface area contributed by atoms with Gasteiger partial charge in [0, 0.05) is 18.5 Å². The van der Waals surface area contributed by atoms with Gasteiger partial charge in [-0.05, 0) is 37.9 Å². The fourth-order valence-electron chi connectivity index (χ4n) is 1.81. The van der Waals surface area contributed by atoms with Gasteiger partial charge in [-0.3, -0.25) is 0 Å². The highest BCUT2D eigenvalue weighted by Gasteiger charge is 2.28. The van der Waals surface area contributed by atoms with Crippen molar-refractivity contribution in [2.24, 2.45) is 5.92 Å². The minimum atomic E-state index is 0.538. The zero-order valence-corrected chi connectivity index (χ0v) is 11.1. The standard InChI is InChI=1S/C12H25NOS/c1-10(2)5-4-6-14-12-7-11(8-12)13-9-15-3/h10-13H,4-9H2,1-3H3/t11-,12-. The van der Waals surface area contributed by atoms with Crippen molar-refractivity contribution in [3.63, 3.8) is 0 Å². The molecule has 0 aromatic carbocycles. The molecule has 90 valence electrons. The summed E-state index contributed by atoms with van der Waals surface area (Å²) >= 11 is 1.85. The highest BCUT2D eigenvalue weighted by Crippen LogP contribution is 2.23. The monoisotopic (exact) mass is 231 g/mol. The van der Waals surface area contributed by atoms with Crippen molar-refractivity contribution in [3.8, 4) is 0 Å². The maximum absolute atomic E-state index is 5.79. The Labute approximate surface area is 98.5 Å². The molecule has 0 unspecified atom stereocenters. The molecule has 0 heterocycles. The topological polar surface area (TPSA) is 21.3 Å². The van der Waals surface area contributed by atoms with E-state index in [-0.39, 0.29) is 0 Å². The third-order valence-corrected chi connectivity index (χ3v) is 3.35. The van der Waals surface area contributed by atoms with E-state index in [0.29, 0.717) is 12.1 Å². The highest BCUT2D eigenvalue weighted by molar-refractivity contribution is 7.98. The van der Waals surface area contributed by atoms with Gasteiger partial charge in [-0.15, -0.1) is 11.8 Å². The van der Waals surface area contributed by atoms with E-state index in [1.54, 1.807) is 0 Å². The van der Waals surface area contributed by atoms with Crippen LogP contribution < -0.4 is 5.32 Å². The lowest BCUT2D eigenvalue weighted by Crippen LogP contribution is -2.45. The molecule has 0 aromatic heterocycles. The first-order valence-corrected chi connectivity index (χ1v) is 7.45. The molecule has 1 N–H and O–H groups in total. The molecule has 1 fully saturated rings. The van der Waals surface area contributed by atoms with Crippen LogP contribution in [0.5, 0.6) is 0 Å². The van der Waals surface area contributed by atoms with E-state index in [9.17, 15) is 0 Å². The predicted octanol–water partition coefficient (Wildman–Crippen LogP) is 2.88. The van der Waals surface area contributed by atoms with Crippen molar-refractivity contribution in [3.05, 3.63) is 0 Å². The second kappa shape index (κ2) is 7.53. The number of hydrogen-bond acceptors (Lipinski definition) is 3. The second-order valence-electron chi connectivity index (χ2n) is 4.83. The molecule has 0 spiro atoms. The first kappa shape index (κ1) is 13.3. The molecule has 15 heavy (non-hydrogen) atoms. The minimum Gasteiger partial charge on any atom is -0.378 e. The number of thioether (sulfide) groups is 1. The van der Waals surface area contributed by atoms with Crippen molar-refractivity contribution in [1.82, 2.24) is 5.32 Å². The third-order valence-electron chi connectivity index (χ3n) is 2.89. The molecule has 0 amide bonds. The summed E-state index contributed by atoms with van der Waals surface area (Å²) < 4.78 is 5.79. The van der Waals surface area contributed by atoms with Crippen LogP contribution >= 0.6 is 11.8 Å². The van der Waals surface area contributed by atoms with Crippen molar-refractivity contribution >= 4 is 11.8 Å². The number of ether oxygens (including phenoxy) is 1. The van der Waals surface area contributed by atoms with Crippen LogP contribution in [0.25, 0.3) is 0 Å². The Morgan fingerprint density at radius 1 is 1.40 bits per heavy atom. The summed E-state index contributed by atoms with van der Waals surface area (Å²) in [6, 6.07) is 0.715. The smallest absolute Gasteiger partial charge is 0.0604 e. The Kier molecular flexibility index (Phi) is 6.69. The average molecular weight is 231 g/mol. The van der Waals surface area contributed by atoms with Gasteiger partial charge < -0.3 is 10.1 Å². The van der Waals surface area contributed by atoms with Crippen LogP contribution in [-0.2, 0) is 4.74 Å². The van der Waals surface area contributed by atoms with Crippen molar-refractivity contribution in [2.45, 2.75) is 51.7 Å². The number of nitrogens with one attached hydrogen (secondary N) is 1. The van der Waals surface area contributed by atoms with Gasteiger partial charge in [-0.2, -0.15) is 0 Å². The fourth-order valence-corrected chi connectivity index (χ4v) is 2.21. The van der Waals surface area contributed by atoms with Crippen LogP contribution in [0.4, 0.5) is 0 Å². The van der Waals surface area contributed by atoms with Gasteiger partial charge in [0.25, 0.3) is 0 Å². The third kappa shape index (κ3) is 5.79. The molecule has 0 radical (unpaired) electrons. The number of rotatable bonds is 8. The first-order chi connectivity index (χ1) is 7.22. The molecule has 0 atom stereocenters. The summed E-state index contributed by atoms with van der Waals surface area (Å²) in [5.74, 6) is 1.89. The van der Waals surface area contributed by atoms with Crippen molar-refractivity contribution in [1.29, 1.82) is 0 Å². The first-order valence-electron chi connectivity index (χ1n) is 6.06. The Bertz CT molecular complexity index is 158. The van der Waals surface area contributed by atoms with E-state index < -0.39 is 0 Å². The van der Waals surface area contributed by atoms with Crippen molar-refractivity contribution in [2.75, 3.05) is 18.7 Å². The highest BCUT2D eigenvalue weighted by atomic mass is 32.2. The lowest BCUT2D eigenvalue weighted by atomic mass is 9.89. The summed E-state index contributed by atoms with van der Waals surface area (Å²) in [6.07, 6.45) is 7.60. The average Bonchev–Trinajstić information content (AvgIpc) is 2.13. The minimum absolute atomic E-state index is 0.538. The molecule has 0 saturated heterocycles. The summed E-state index contributed by atoms with van der Waals surface area (Å²) in [5.41, 5.74) is 0. The summed E-state index contributed by atoms with van der Waals surface area (Å²) in [6.45, 7) is 5.50. The SMILES string of the molecule is CSCN[C@H]1C[C@H](OCCCC(C)C)C1. The molecule has 1 saturated carbocycles. The van der Waals surface area contributed by atoms with Crippen LogP contribution in [0.15, 0.2) is 0 Å². The molecule has 1 aliphatic rings. The van der Waals surface area contributed by atoms with Crippen LogP contribution in [0.1, 0.15) is 39.5 Å². The van der Waals surface area contributed by atoms with Gasteiger partial charge in [0.05, 0.1) is 6.10 Å². The van der Waals surface area contributed by atoms with Gasteiger partial charge >= 0.3 is 0 Å². The molecule has 2 nitrogen and oxygen atoms in total. The largest absolute Gasteiger partial charge is 0.378 e. The van der Waals surface area contributed by atoms with Gasteiger partial charge in [0.2, 0.25) is 0 Å². The lowest BCUT2D eigenvalue weighted by molar-refractivity contribution is -0.0172. The molecule has 1 rings (SSSR count). The molecule has 0 aromatic rings. The van der Waals surface area contributed by atoms with E-state index in [1.165, 1.54) is 25.7 Å². The summed E-state index contributed by atoms with van der Waals surface area (Å²) in [5, 5.41) is 3.49. The Morgan fingerprint density at radius 3 is 2.73 bits per heavy atom. The van der Waals surface area contributed by atoms with E-state index in [0.717, 1.165) is 18.4 Å². The van der Waals surface area contributed by atoms with Crippen LogP contribution in [0, 0.1) is 5.92 Å². The zero-order valence-electron chi connectivity index (χ0n) is 10.3. The predicted molar refractivity (Wildman–Crippen MR) is 68.4 cm³/mol. The quantitative estimate of drug-likeness (QED) is 0.513. The number of hydrogen-bond donors (Lipinski definition) is 1. The van der Waals surface area contributed by atoms with E-state index >= 15 is 0 Å². The van der Waals surface area contributed by atoms with Crippen LogP contribution in [0.3, 0.4) is 0 Å². The molecular formula is C12H25NOS. The summed E-state index contributed by atoms with van der Waals surface area (Å²) in [7, 11) is 0. The molecule has 1 aliphatic carbocycles. The molecular weight excluding hydrogens is 206 g/mol. The van der Waals surface area contributed by atoms with Crippen LogP contribution in [0.2, 0.25) is 0 Å². The molecule has 0 aliphatic heterocycles. The Balaban J connectivity index is 1.85.